The van der Waals surface area contributed by atoms with Crippen molar-refractivity contribution in [2.75, 3.05) is 7.05 Å². The Morgan fingerprint density at radius 1 is 1.39 bits per heavy atom. The van der Waals surface area contributed by atoms with Gasteiger partial charge in [0.2, 0.25) is 5.91 Å². The number of carbonyl (C=O) groups excluding carboxylic acids is 1. The molecule has 1 aliphatic carbocycles. The van der Waals surface area contributed by atoms with E-state index in [9.17, 15) is 4.79 Å². The van der Waals surface area contributed by atoms with E-state index in [0.29, 0.717) is 6.04 Å². The Morgan fingerprint density at radius 2 is 2.06 bits per heavy atom. The van der Waals surface area contributed by atoms with E-state index in [1.165, 1.54) is 32.1 Å². The van der Waals surface area contributed by atoms with Crippen LogP contribution in [-0.4, -0.2) is 17.6 Å². The quantitative estimate of drug-likeness (QED) is 0.842. The van der Waals surface area contributed by atoms with E-state index >= 15 is 0 Å². The molecule has 1 aromatic rings. The molecular formula is C13H22N3OY+. The molecule has 97 valence electrons. The van der Waals surface area contributed by atoms with Crippen molar-refractivity contribution in [2.45, 2.75) is 51.1 Å². The third-order valence-electron chi connectivity index (χ3n) is 3.72. The summed E-state index contributed by atoms with van der Waals surface area (Å²) in [4.78, 5) is 11.7. The van der Waals surface area contributed by atoms with Crippen LogP contribution in [0.5, 0.6) is 0 Å². The molecule has 1 atom stereocenters. The molecule has 1 radical (unpaired) electrons. The molecule has 0 bridgehead atoms. The number of nitrogens with zero attached hydrogens (tertiary/aromatic N) is 2. The van der Waals surface area contributed by atoms with Crippen LogP contribution < -0.4 is 10.00 Å². The molecule has 1 aromatic heterocycles. The van der Waals surface area contributed by atoms with Gasteiger partial charge in [-0.15, -0.1) is 9.36 Å². The SMILES string of the molecule is CNC(=O)C(C)n1ccc[n+]1C1CCCCC1.[Y]. The Morgan fingerprint density at radius 3 is 2.67 bits per heavy atom. The molecule has 4 nitrogen and oxygen atoms in total. The van der Waals surface area contributed by atoms with Crippen molar-refractivity contribution in [1.82, 2.24) is 10.00 Å². The number of hydrogen-bond acceptors (Lipinski definition) is 1. The Labute approximate surface area is 134 Å². The molecule has 1 saturated carbocycles. The van der Waals surface area contributed by atoms with Crippen LogP contribution in [0.25, 0.3) is 0 Å². The van der Waals surface area contributed by atoms with E-state index in [1.54, 1.807) is 7.05 Å². The van der Waals surface area contributed by atoms with Gasteiger partial charge < -0.3 is 5.32 Å². The fraction of sp³-hybridized carbons (Fsp3) is 0.692. The van der Waals surface area contributed by atoms with Gasteiger partial charge in [-0.3, -0.25) is 4.79 Å². The maximum atomic E-state index is 11.7. The zero-order chi connectivity index (χ0) is 12.3. The summed E-state index contributed by atoms with van der Waals surface area (Å²) in [6, 6.07) is 2.44. The summed E-state index contributed by atoms with van der Waals surface area (Å²) in [6.07, 6.45) is 10.5. The minimum atomic E-state index is -0.142. The average Bonchev–Trinajstić information content (AvgIpc) is 2.87. The van der Waals surface area contributed by atoms with Crippen molar-refractivity contribution in [3.8, 4) is 0 Å². The second-order valence-corrected chi connectivity index (χ2v) is 4.83. The summed E-state index contributed by atoms with van der Waals surface area (Å²) in [5, 5.41) is 2.71. The standard InChI is InChI=1S/C13H21N3O.Y/c1-11(13(17)14-2)15-9-6-10-16(15)12-7-4-3-5-8-12;/h6,9-12H,3-5,7-8H2,1-2H3;/p+1. The minimum absolute atomic E-state index is 0. The predicted molar refractivity (Wildman–Crippen MR) is 65.5 cm³/mol. The van der Waals surface area contributed by atoms with Crippen LogP contribution in [0, 0.1) is 0 Å². The molecule has 18 heavy (non-hydrogen) atoms. The first kappa shape index (κ1) is 15.8. The number of carbonyl (C=O) groups is 1. The Bertz CT molecular complexity index is 385. The van der Waals surface area contributed by atoms with E-state index in [-0.39, 0.29) is 44.7 Å². The summed E-state index contributed by atoms with van der Waals surface area (Å²) in [5.41, 5.74) is 0. The summed E-state index contributed by atoms with van der Waals surface area (Å²) in [7, 11) is 1.69. The third kappa shape index (κ3) is 3.41. The molecule has 5 heteroatoms. The number of rotatable bonds is 3. The van der Waals surface area contributed by atoms with Gasteiger partial charge in [0.1, 0.15) is 0 Å². The molecule has 1 heterocycles. The fourth-order valence-corrected chi connectivity index (χ4v) is 2.68. The molecule has 0 aromatic carbocycles. The van der Waals surface area contributed by atoms with E-state index < -0.39 is 0 Å². The molecule has 0 spiro atoms. The smallest absolute Gasteiger partial charge is 0.248 e. The molecule has 0 aliphatic heterocycles. The summed E-state index contributed by atoms with van der Waals surface area (Å²) in [6.45, 7) is 1.94. The van der Waals surface area contributed by atoms with Crippen LogP contribution in [0.15, 0.2) is 18.5 Å². The monoisotopic (exact) mass is 325 g/mol. The number of amides is 1. The second kappa shape index (κ2) is 7.39. The van der Waals surface area contributed by atoms with Gasteiger partial charge in [-0.25, -0.2) is 0 Å². The summed E-state index contributed by atoms with van der Waals surface area (Å²) >= 11 is 0. The maximum absolute atomic E-state index is 11.7. The average molecular weight is 325 g/mol. The van der Waals surface area contributed by atoms with Gasteiger partial charge in [0.25, 0.3) is 0 Å². The van der Waals surface area contributed by atoms with Crippen LogP contribution in [0.4, 0.5) is 0 Å². The van der Waals surface area contributed by atoms with Crippen molar-refractivity contribution in [1.29, 1.82) is 0 Å². The minimum Gasteiger partial charge on any atom is -0.357 e. The number of hydrogen-bond donors (Lipinski definition) is 1. The molecule has 0 saturated heterocycles. The summed E-state index contributed by atoms with van der Waals surface area (Å²) in [5.74, 6) is 0.0609. The molecule has 2 rings (SSSR count). The van der Waals surface area contributed by atoms with Gasteiger partial charge in [0.15, 0.2) is 18.3 Å². The van der Waals surface area contributed by atoms with Crippen LogP contribution in [0.2, 0.25) is 0 Å². The third-order valence-corrected chi connectivity index (χ3v) is 3.72. The Hall–Kier alpha value is -0.216. The van der Waals surface area contributed by atoms with Gasteiger partial charge in [-0.2, -0.15) is 0 Å². The zero-order valence-corrected chi connectivity index (χ0v) is 14.1. The van der Waals surface area contributed by atoms with Crippen LogP contribution in [0.1, 0.15) is 51.1 Å². The predicted octanol–water partition coefficient (Wildman–Crippen LogP) is 1.59. The molecule has 1 unspecified atom stereocenters. The van der Waals surface area contributed by atoms with E-state index in [2.05, 4.69) is 20.9 Å². The fourth-order valence-electron chi connectivity index (χ4n) is 2.68. The van der Waals surface area contributed by atoms with Gasteiger partial charge in [-0.1, -0.05) is 6.42 Å². The van der Waals surface area contributed by atoms with Crippen LogP contribution in [0.3, 0.4) is 0 Å². The van der Waals surface area contributed by atoms with Gasteiger partial charge in [-0.05, 0) is 19.8 Å². The number of likely N-dealkylation sites (N-methyl/N-ethyl adjacent to an activating group) is 1. The molecule has 1 N–H and O–H groups in total. The largest absolute Gasteiger partial charge is 0.357 e. The van der Waals surface area contributed by atoms with Gasteiger partial charge >= 0.3 is 0 Å². The number of aromatic nitrogens is 2. The van der Waals surface area contributed by atoms with E-state index in [1.807, 2.05) is 19.2 Å². The van der Waals surface area contributed by atoms with Gasteiger partial charge in [0, 0.05) is 58.7 Å². The first-order chi connectivity index (χ1) is 8.24. The maximum Gasteiger partial charge on any atom is 0.248 e. The van der Waals surface area contributed by atoms with E-state index in [4.69, 9.17) is 0 Å². The van der Waals surface area contributed by atoms with Crippen molar-refractivity contribution in [3.05, 3.63) is 18.5 Å². The Kier molecular flexibility index (Phi) is 6.50. The van der Waals surface area contributed by atoms with Crippen LogP contribution in [-0.2, 0) is 37.5 Å². The first-order valence-electron chi connectivity index (χ1n) is 6.54. The Balaban J connectivity index is 0.00000162. The van der Waals surface area contributed by atoms with Crippen molar-refractivity contribution in [3.63, 3.8) is 0 Å². The first-order valence-corrected chi connectivity index (χ1v) is 6.54. The molecular weight excluding hydrogens is 303 g/mol. The van der Waals surface area contributed by atoms with Gasteiger partial charge in [0.05, 0.1) is 6.20 Å². The topological polar surface area (TPSA) is 37.9 Å². The molecule has 1 fully saturated rings. The van der Waals surface area contributed by atoms with Crippen LogP contribution >= 0.6 is 0 Å². The molecule has 1 aliphatic rings. The zero-order valence-electron chi connectivity index (χ0n) is 11.3. The summed E-state index contributed by atoms with van der Waals surface area (Å²) < 4.78 is 4.29. The molecule has 1 amide bonds. The van der Waals surface area contributed by atoms with Crippen molar-refractivity contribution >= 4 is 5.91 Å². The normalized spacial score (nSPS) is 17.9. The van der Waals surface area contributed by atoms with Crippen molar-refractivity contribution < 1.29 is 42.2 Å². The number of nitrogens with one attached hydrogen (secondary N) is 1. The second-order valence-electron chi connectivity index (χ2n) is 4.83. The van der Waals surface area contributed by atoms with E-state index in [0.717, 1.165) is 0 Å². The van der Waals surface area contributed by atoms with Crippen molar-refractivity contribution in [2.24, 2.45) is 0 Å².